The fraction of sp³-hybridized carbons (Fsp3) is 0.263. The van der Waals surface area contributed by atoms with E-state index in [4.69, 9.17) is 11.6 Å². The van der Waals surface area contributed by atoms with E-state index in [0.29, 0.717) is 23.0 Å². The quantitative estimate of drug-likeness (QED) is 0.781. The number of nitrogens with zero attached hydrogens (tertiary/aromatic N) is 2. The molecule has 0 saturated heterocycles. The Kier molecular flexibility index (Phi) is 4.49. The first-order valence-corrected chi connectivity index (χ1v) is 8.13. The van der Waals surface area contributed by atoms with Gasteiger partial charge in [0.25, 0.3) is 5.91 Å². The lowest BCUT2D eigenvalue weighted by Gasteiger charge is -2.27. The van der Waals surface area contributed by atoms with Gasteiger partial charge in [0.15, 0.2) is 0 Å². The second-order valence-corrected chi connectivity index (χ2v) is 6.50. The van der Waals surface area contributed by atoms with E-state index >= 15 is 0 Å². The summed E-state index contributed by atoms with van der Waals surface area (Å²) in [7, 11) is 0. The van der Waals surface area contributed by atoms with Crippen molar-refractivity contribution in [2.45, 2.75) is 19.9 Å². The molecule has 0 fully saturated rings. The maximum atomic E-state index is 12.7. The average molecular weight is 327 g/mol. The van der Waals surface area contributed by atoms with E-state index < -0.39 is 0 Å². The molecule has 1 aliphatic heterocycles. The lowest BCUT2D eigenvalue weighted by Crippen LogP contribution is -2.38. The van der Waals surface area contributed by atoms with Crippen LogP contribution in [0.25, 0.3) is 11.3 Å². The zero-order valence-electron chi connectivity index (χ0n) is 13.2. The van der Waals surface area contributed by atoms with Crippen molar-refractivity contribution in [3.8, 4) is 11.3 Å². The van der Waals surface area contributed by atoms with Crippen LogP contribution in [0, 0.1) is 5.92 Å². The molecule has 1 atom stereocenters. The highest BCUT2D eigenvalue weighted by atomic mass is 35.5. The van der Waals surface area contributed by atoms with E-state index in [-0.39, 0.29) is 11.9 Å². The van der Waals surface area contributed by atoms with Crippen molar-refractivity contribution in [1.82, 2.24) is 9.88 Å². The summed E-state index contributed by atoms with van der Waals surface area (Å²) in [4.78, 5) is 18.9. The van der Waals surface area contributed by atoms with Crippen molar-refractivity contribution in [2.24, 2.45) is 5.92 Å². The van der Waals surface area contributed by atoms with Crippen LogP contribution in [0.3, 0.4) is 0 Å². The van der Waals surface area contributed by atoms with Crippen molar-refractivity contribution in [3.63, 3.8) is 0 Å². The smallest absolute Gasteiger partial charge is 0.254 e. The molecule has 3 nitrogen and oxygen atoms in total. The SMILES string of the molecule is CC(C)[C@H]1C=CCN1C(=O)c1ccc(-c2ccc(Cl)cn2)cc1. The van der Waals surface area contributed by atoms with Crippen LogP contribution >= 0.6 is 11.6 Å². The summed E-state index contributed by atoms with van der Waals surface area (Å²) in [5, 5.41) is 0.613. The minimum absolute atomic E-state index is 0.0734. The number of hydrogen-bond acceptors (Lipinski definition) is 2. The van der Waals surface area contributed by atoms with Crippen LogP contribution in [-0.2, 0) is 0 Å². The van der Waals surface area contributed by atoms with Gasteiger partial charge in [-0.3, -0.25) is 9.78 Å². The summed E-state index contributed by atoms with van der Waals surface area (Å²) >= 11 is 5.86. The molecule has 0 bridgehead atoms. The van der Waals surface area contributed by atoms with Crippen molar-refractivity contribution in [2.75, 3.05) is 6.54 Å². The van der Waals surface area contributed by atoms with E-state index in [1.807, 2.05) is 41.3 Å². The highest BCUT2D eigenvalue weighted by Crippen LogP contribution is 2.23. The average Bonchev–Trinajstić information content (AvgIpc) is 3.05. The molecule has 4 heteroatoms. The molecule has 3 rings (SSSR count). The van der Waals surface area contributed by atoms with Gasteiger partial charge < -0.3 is 4.90 Å². The van der Waals surface area contributed by atoms with Crippen LogP contribution in [0.2, 0.25) is 5.02 Å². The predicted octanol–water partition coefficient (Wildman–Crippen LogP) is 4.44. The topological polar surface area (TPSA) is 33.2 Å². The molecule has 1 amide bonds. The Balaban J connectivity index is 1.79. The van der Waals surface area contributed by atoms with Gasteiger partial charge in [-0.25, -0.2) is 0 Å². The van der Waals surface area contributed by atoms with Crippen LogP contribution in [-0.4, -0.2) is 28.4 Å². The number of hydrogen-bond donors (Lipinski definition) is 0. The molecule has 0 saturated carbocycles. The second-order valence-electron chi connectivity index (χ2n) is 6.06. The lowest BCUT2D eigenvalue weighted by molar-refractivity contribution is 0.0720. The van der Waals surface area contributed by atoms with Crippen LogP contribution in [0.15, 0.2) is 54.7 Å². The molecule has 2 heterocycles. The maximum Gasteiger partial charge on any atom is 0.254 e. The summed E-state index contributed by atoms with van der Waals surface area (Å²) in [5.74, 6) is 0.486. The fourth-order valence-electron chi connectivity index (χ4n) is 2.84. The van der Waals surface area contributed by atoms with Gasteiger partial charge in [0.2, 0.25) is 0 Å². The lowest BCUT2D eigenvalue weighted by atomic mass is 10.0. The van der Waals surface area contributed by atoms with Gasteiger partial charge in [-0.05, 0) is 30.2 Å². The van der Waals surface area contributed by atoms with Crippen molar-refractivity contribution in [3.05, 3.63) is 65.3 Å². The van der Waals surface area contributed by atoms with Gasteiger partial charge in [0.1, 0.15) is 0 Å². The molecule has 1 aromatic carbocycles. The van der Waals surface area contributed by atoms with E-state index in [0.717, 1.165) is 11.3 Å². The Morgan fingerprint density at radius 2 is 1.96 bits per heavy atom. The molecule has 0 aliphatic carbocycles. The molecule has 0 spiro atoms. The fourth-order valence-corrected chi connectivity index (χ4v) is 2.95. The molecular weight excluding hydrogens is 308 g/mol. The number of rotatable bonds is 3. The van der Waals surface area contributed by atoms with Gasteiger partial charge >= 0.3 is 0 Å². The number of carbonyl (C=O) groups excluding carboxylic acids is 1. The summed E-state index contributed by atoms with van der Waals surface area (Å²) in [6.45, 7) is 4.95. The minimum Gasteiger partial charge on any atom is -0.328 e. The number of pyridine rings is 1. The Bertz CT molecular complexity index is 720. The molecule has 23 heavy (non-hydrogen) atoms. The van der Waals surface area contributed by atoms with E-state index in [2.05, 4.69) is 31.0 Å². The highest BCUT2D eigenvalue weighted by Gasteiger charge is 2.27. The maximum absolute atomic E-state index is 12.7. The first kappa shape index (κ1) is 15.8. The van der Waals surface area contributed by atoms with Crippen molar-refractivity contribution in [1.29, 1.82) is 0 Å². The monoisotopic (exact) mass is 326 g/mol. The van der Waals surface area contributed by atoms with E-state index in [1.165, 1.54) is 0 Å². The third-order valence-electron chi connectivity index (χ3n) is 4.09. The zero-order chi connectivity index (χ0) is 16.4. The molecule has 0 N–H and O–H groups in total. The van der Waals surface area contributed by atoms with E-state index in [9.17, 15) is 4.79 Å². The molecule has 0 unspecified atom stereocenters. The van der Waals surface area contributed by atoms with Gasteiger partial charge in [-0.1, -0.05) is 49.7 Å². The van der Waals surface area contributed by atoms with Gasteiger partial charge in [0, 0.05) is 23.9 Å². The molecular formula is C19H19ClN2O. The minimum atomic E-state index is 0.0734. The van der Waals surface area contributed by atoms with Crippen LogP contribution < -0.4 is 0 Å². The zero-order valence-corrected chi connectivity index (χ0v) is 14.0. The number of amides is 1. The summed E-state index contributed by atoms with van der Waals surface area (Å²) in [6.07, 6.45) is 5.81. The summed E-state index contributed by atoms with van der Waals surface area (Å²) < 4.78 is 0. The third kappa shape index (κ3) is 3.30. The molecule has 1 aliphatic rings. The van der Waals surface area contributed by atoms with Crippen LogP contribution in [0.1, 0.15) is 24.2 Å². The predicted molar refractivity (Wildman–Crippen MR) is 93.5 cm³/mol. The molecule has 1 aromatic heterocycles. The Morgan fingerprint density at radius 3 is 2.57 bits per heavy atom. The molecule has 2 aromatic rings. The largest absolute Gasteiger partial charge is 0.328 e. The molecule has 0 radical (unpaired) electrons. The first-order valence-electron chi connectivity index (χ1n) is 7.76. The standard InChI is InChI=1S/C19H19ClN2O/c1-13(2)18-4-3-11-22(18)19(23)15-7-5-14(6-8-15)17-10-9-16(20)12-21-17/h3-10,12-13,18H,11H2,1-2H3/t18-/m1/s1. The number of aromatic nitrogens is 1. The first-order chi connectivity index (χ1) is 11.1. The van der Waals surface area contributed by atoms with Crippen molar-refractivity contribution < 1.29 is 4.79 Å². The molecule has 118 valence electrons. The third-order valence-corrected chi connectivity index (χ3v) is 4.32. The summed E-state index contributed by atoms with van der Waals surface area (Å²) in [6, 6.07) is 11.5. The number of halogens is 1. The Labute approximate surface area is 141 Å². The van der Waals surface area contributed by atoms with Crippen LogP contribution in [0.4, 0.5) is 0 Å². The van der Waals surface area contributed by atoms with E-state index in [1.54, 1.807) is 6.20 Å². The van der Waals surface area contributed by atoms with Crippen molar-refractivity contribution >= 4 is 17.5 Å². The number of benzene rings is 1. The van der Waals surface area contributed by atoms with Gasteiger partial charge in [-0.2, -0.15) is 0 Å². The number of carbonyl (C=O) groups is 1. The Morgan fingerprint density at radius 1 is 1.22 bits per heavy atom. The highest BCUT2D eigenvalue weighted by molar-refractivity contribution is 6.30. The second kappa shape index (κ2) is 6.55. The van der Waals surface area contributed by atoms with Crippen LogP contribution in [0.5, 0.6) is 0 Å². The van der Waals surface area contributed by atoms with Gasteiger partial charge in [-0.15, -0.1) is 0 Å². The normalized spacial score (nSPS) is 17.0. The summed E-state index contributed by atoms with van der Waals surface area (Å²) in [5.41, 5.74) is 2.52. The Hall–Kier alpha value is -2.13. The van der Waals surface area contributed by atoms with Gasteiger partial charge in [0.05, 0.1) is 16.8 Å².